The summed E-state index contributed by atoms with van der Waals surface area (Å²) >= 11 is 0. The third-order valence-electron chi connectivity index (χ3n) is 4.38. The van der Waals surface area contributed by atoms with Crippen molar-refractivity contribution in [3.63, 3.8) is 0 Å². The Bertz CT molecular complexity index is 1110. The van der Waals surface area contributed by atoms with Crippen molar-refractivity contribution >= 4 is 23.4 Å². The number of pyridine rings is 1. The van der Waals surface area contributed by atoms with E-state index in [9.17, 15) is 27.6 Å². The number of aromatic nitrogens is 1. The van der Waals surface area contributed by atoms with Gasteiger partial charge in [0.15, 0.2) is 0 Å². The number of rotatable bonds is 6. The van der Waals surface area contributed by atoms with Crippen LogP contribution in [-0.4, -0.2) is 29.1 Å². The van der Waals surface area contributed by atoms with Gasteiger partial charge in [-0.3, -0.25) is 30.2 Å². The summed E-state index contributed by atoms with van der Waals surface area (Å²) in [5, 5.41) is 0. The predicted molar refractivity (Wildman–Crippen MR) is 109 cm³/mol. The van der Waals surface area contributed by atoms with Crippen LogP contribution >= 0.6 is 0 Å². The molecule has 164 valence electrons. The van der Waals surface area contributed by atoms with Crippen LogP contribution in [0.2, 0.25) is 0 Å². The number of nitrogens with one attached hydrogen (secondary N) is 2. The van der Waals surface area contributed by atoms with Crippen LogP contribution in [0.5, 0.6) is 0 Å². The maximum atomic E-state index is 14.7. The van der Waals surface area contributed by atoms with Crippen LogP contribution in [0.15, 0.2) is 73.1 Å². The number of hydrogen-bond donors (Lipinski definition) is 2. The van der Waals surface area contributed by atoms with E-state index in [0.29, 0.717) is 11.3 Å². The second kappa shape index (κ2) is 10.2. The Morgan fingerprint density at radius 3 is 2.22 bits per heavy atom. The van der Waals surface area contributed by atoms with Crippen LogP contribution in [0.4, 0.5) is 18.9 Å². The lowest BCUT2D eigenvalue weighted by Gasteiger charge is -2.23. The highest BCUT2D eigenvalue weighted by molar-refractivity contribution is 6.06. The Morgan fingerprint density at radius 1 is 0.906 bits per heavy atom. The molecule has 0 bridgehead atoms. The Hall–Kier alpha value is -4.21. The van der Waals surface area contributed by atoms with E-state index in [0.717, 1.165) is 6.07 Å². The number of amides is 3. The number of anilines is 1. The molecule has 0 aliphatic heterocycles. The van der Waals surface area contributed by atoms with Gasteiger partial charge in [-0.2, -0.15) is 8.78 Å². The average Bonchev–Trinajstić information content (AvgIpc) is 2.82. The van der Waals surface area contributed by atoms with Gasteiger partial charge in [-0.1, -0.05) is 24.3 Å². The molecule has 0 aliphatic rings. The average molecular weight is 442 g/mol. The quantitative estimate of drug-likeness (QED) is 0.574. The molecule has 0 atom stereocenters. The summed E-state index contributed by atoms with van der Waals surface area (Å²) in [4.78, 5) is 41.1. The lowest BCUT2D eigenvalue weighted by molar-refractivity contribution is -0.132. The minimum absolute atomic E-state index is 0.115. The molecule has 1 aromatic heterocycles. The summed E-state index contributed by atoms with van der Waals surface area (Å²) < 4.78 is 39.1. The van der Waals surface area contributed by atoms with Gasteiger partial charge in [-0.25, -0.2) is 4.39 Å². The summed E-state index contributed by atoms with van der Waals surface area (Å²) in [6.07, 6.45) is -0.370. The first-order valence-electron chi connectivity index (χ1n) is 9.30. The number of benzene rings is 2. The summed E-state index contributed by atoms with van der Waals surface area (Å²) in [5.74, 6) is -3.84. The molecule has 3 rings (SSSR count). The van der Waals surface area contributed by atoms with Crippen LogP contribution in [0.1, 0.15) is 26.3 Å². The molecular weight excluding hydrogens is 425 g/mol. The lowest BCUT2D eigenvalue weighted by Crippen LogP contribution is -2.44. The zero-order valence-corrected chi connectivity index (χ0v) is 16.5. The normalized spacial score (nSPS) is 10.5. The highest BCUT2D eigenvalue weighted by Gasteiger charge is 2.21. The fourth-order valence-electron chi connectivity index (χ4n) is 2.77. The molecule has 3 amide bonds. The van der Waals surface area contributed by atoms with E-state index < -0.39 is 24.1 Å². The molecule has 0 fully saturated rings. The van der Waals surface area contributed by atoms with Gasteiger partial charge in [-0.15, -0.1) is 0 Å². The Labute approximate surface area is 180 Å². The zero-order valence-electron chi connectivity index (χ0n) is 16.5. The Balaban J connectivity index is 1.81. The molecule has 3 aromatic rings. The molecule has 32 heavy (non-hydrogen) atoms. The van der Waals surface area contributed by atoms with Gasteiger partial charge >= 0.3 is 12.3 Å². The Kier molecular flexibility index (Phi) is 7.17. The summed E-state index contributed by atoms with van der Waals surface area (Å²) in [7, 11) is 0. The smallest absolute Gasteiger partial charge is 0.304 e. The van der Waals surface area contributed by atoms with Crippen molar-refractivity contribution in [2.45, 2.75) is 13.0 Å². The van der Waals surface area contributed by atoms with Crippen molar-refractivity contribution in [2.75, 3.05) is 4.90 Å². The number of alkyl halides is 2. The molecule has 0 saturated heterocycles. The molecule has 7 nitrogen and oxygen atoms in total. The van der Waals surface area contributed by atoms with Crippen molar-refractivity contribution in [1.29, 1.82) is 0 Å². The third-order valence-corrected chi connectivity index (χ3v) is 4.38. The number of carbonyl (C=O) groups excluding carboxylic acids is 3. The van der Waals surface area contributed by atoms with E-state index in [-0.39, 0.29) is 23.6 Å². The second-order valence-electron chi connectivity index (χ2n) is 6.51. The second-order valence-corrected chi connectivity index (χ2v) is 6.51. The first-order valence-corrected chi connectivity index (χ1v) is 9.30. The SMILES string of the molecule is O=C(NNC(=O)C(F)F)c1ccc(CN(C(=O)c2ccncc2)c2ccccc2)c(F)c1. The molecule has 0 saturated carbocycles. The number of halogens is 3. The Morgan fingerprint density at radius 2 is 1.59 bits per heavy atom. The van der Waals surface area contributed by atoms with Crippen LogP contribution in [0.25, 0.3) is 0 Å². The molecule has 0 unspecified atom stereocenters. The van der Waals surface area contributed by atoms with E-state index >= 15 is 0 Å². The van der Waals surface area contributed by atoms with E-state index in [2.05, 4.69) is 4.98 Å². The van der Waals surface area contributed by atoms with Crippen LogP contribution in [0.3, 0.4) is 0 Å². The zero-order chi connectivity index (χ0) is 23.1. The van der Waals surface area contributed by atoms with Gasteiger partial charge in [0.1, 0.15) is 5.82 Å². The summed E-state index contributed by atoms with van der Waals surface area (Å²) in [5.41, 5.74) is 4.11. The topological polar surface area (TPSA) is 91.4 Å². The number of carbonyl (C=O) groups is 3. The monoisotopic (exact) mass is 442 g/mol. The van der Waals surface area contributed by atoms with Gasteiger partial charge in [0, 0.05) is 34.8 Å². The minimum Gasteiger partial charge on any atom is -0.304 e. The van der Waals surface area contributed by atoms with Crippen molar-refractivity contribution in [3.05, 3.63) is 95.6 Å². The van der Waals surface area contributed by atoms with Gasteiger partial charge in [0.2, 0.25) is 0 Å². The highest BCUT2D eigenvalue weighted by atomic mass is 19.3. The first-order chi connectivity index (χ1) is 15.4. The number of nitrogens with zero attached hydrogens (tertiary/aromatic N) is 2. The van der Waals surface area contributed by atoms with Crippen molar-refractivity contribution in [1.82, 2.24) is 15.8 Å². The maximum Gasteiger partial charge on any atom is 0.317 e. The highest BCUT2D eigenvalue weighted by Crippen LogP contribution is 2.22. The number of hydrogen-bond acceptors (Lipinski definition) is 4. The lowest BCUT2D eigenvalue weighted by atomic mass is 10.1. The van der Waals surface area contributed by atoms with Gasteiger partial charge in [0.05, 0.1) is 6.54 Å². The molecule has 0 aliphatic carbocycles. The van der Waals surface area contributed by atoms with E-state index in [1.165, 1.54) is 47.0 Å². The van der Waals surface area contributed by atoms with Crippen LogP contribution in [0, 0.1) is 5.82 Å². The number of para-hydroxylation sites is 1. The first kappa shape index (κ1) is 22.5. The van der Waals surface area contributed by atoms with Crippen molar-refractivity contribution in [2.24, 2.45) is 0 Å². The molecule has 2 aromatic carbocycles. The fourth-order valence-corrected chi connectivity index (χ4v) is 2.77. The van der Waals surface area contributed by atoms with Crippen LogP contribution < -0.4 is 15.8 Å². The fraction of sp³-hybridized carbons (Fsp3) is 0.0909. The van der Waals surface area contributed by atoms with E-state index in [4.69, 9.17) is 0 Å². The van der Waals surface area contributed by atoms with E-state index in [1.807, 2.05) is 0 Å². The standard InChI is InChI=1S/C22H17F3N4O3/c23-18-12-15(20(30)27-28-21(31)19(24)25)6-7-16(18)13-29(17-4-2-1-3-5-17)22(32)14-8-10-26-11-9-14/h1-12,19H,13H2,(H,27,30)(H,28,31). The molecule has 2 N–H and O–H groups in total. The van der Waals surface area contributed by atoms with Gasteiger partial charge in [0.25, 0.3) is 11.8 Å². The predicted octanol–water partition coefficient (Wildman–Crippen LogP) is 3.09. The minimum atomic E-state index is -3.31. The molecule has 10 heteroatoms. The van der Waals surface area contributed by atoms with Crippen LogP contribution in [-0.2, 0) is 11.3 Å². The molecule has 1 heterocycles. The third kappa shape index (κ3) is 5.48. The largest absolute Gasteiger partial charge is 0.317 e. The molecule has 0 radical (unpaired) electrons. The summed E-state index contributed by atoms with van der Waals surface area (Å²) in [6, 6.07) is 15.2. The van der Waals surface area contributed by atoms with Gasteiger partial charge in [-0.05, 0) is 36.4 Å². The van der Waals surface area contributed by atoms with Crippen molar-refractivity contribution < 1.29 is 27.6 Å². The summed E-state index contributed by atoms with van der Waals surface area (Å²) in [6.45, 7) is -0.138. The van der Waals surface area contributed by atoms with E-state index in [1.54, 1.807) is 35.8 Å². The van der Waals surface area contributed by atoms with Crippen molar-refractivity contribution in [3.8, 4) is 0 Å². The number of hydrazine groups is 1. The maximum absolute atomic E-state index is 14.7. The molecule has 0 spiro atoms. The van der Waals surface area contributed by atoms with Gasteiger partial charge < -0.3 is 4.90 Å². The molecular formula is C22H17F3N4O3.